The lowest BCUT2D eigenvalue weighted by atomic mass is 9.93. The first-order chi connectivity index (χ1) is 15.5. The Balaban J connectivity index is 1.77. The Morgan fingerprint density at radius 1 is 0.469 bits per heavy atom. The van der Waals surface area contributed by atoms with Crippen LogP contribution in [0.15, 0.2) is 84.9 Å². The normalized spacial score (nSPS) is 11.7. The van der Waals surface area contributed by atoms with E-state index in [0.717, 1.165) is 0 Å². The van der Waals surface area contributed by atoms with Gasteiger partial charge in [0, 0.05) is 34.4 Å². The molecule has 0 heterocycles. The highest BCUT2D eigenvalue weighted by molar-refractivity contribution is 6.27. The predicted molar refractivity (Wildman–Crippen MR) is 119 cm³/mol. The fourth-order valence-electron chi connectivity index (χ4n) is 4.34. The summed E-state index contributed by atoms with van der Waals surface area (Å²) >= 11 is 0. The number of hydrogen-bond donors (Lipinski definition) is 0. The van der Waals surface area contributed by atoms with Crippen molar-refractivity contribution in [2.45, 2.75) is 0 Å². The first-order valence-electron chi connectivity index (χ1n) is 9.77. The molecule has 0 fully saturated rings. The summed E-state index contributed by atoms with van der Waals surface area (Å²) in [5.41, 5.74) is 3.47. The maximum atomic E-state index is 13.7. The standard InChI is InChI=1S/C25H14N2O5/c28-25-23-17(15-7-1-3-13-21(15)26(29)30)9-5-11-19(23)20-12-6-10-18(24(20)25)16-8-2-4-14-22(16)27(31)32/h1-14H. The van der Waals surface area contributed by atoms with Gasteiger partial charge in [0.2, 0.25) is 0 Å². The molecular weight excluding hydrogens is 408 g/mol. The largest absolute Gasteiger partial charge is 0.289 e. The smallest absolute Gasteiger partial charge is 0.277 e. The van der Waals surface area contributed by atoms with Crippen molar-refractivity contribution in [2.75, 3.05) is 0 Å². The minimum Gasteiger partial charge on any atom is -0.289 e. The molecular formula is C25H14N2O5. The van der Waals surface area contributed by atoms with Gasteiger partial charge in [0.05, 0.1) is 21.0 Å². The lowest BCUT2D eigenvalue weighted by Gasteiger charge is -2.09. The van der Waals surface area contributed by atoms with Crippen LogP contribution >= 0.6 is 0 Å². The van der Waals surface area contributed by atoms with Crippen LogP contribution < -0.4 is 0 Å². The van der Waals surface area contributed by atoms with E-state index in [-0.39, 0.29) is 17.2 Å². The lowest BCUT2D eigenvalue weighted by Crippen LogP contribution is -2.02. The molecule has 0 aromatic heterocycles. The zero-order valence-corrected chi connectivity index (χ0v) is 16.5. The summed E-state index contributed by atoms with van der Waals surface area (Å²) < 4.78 is 0. The zero-order valence-electron chi connectivity index (χ0n) is 16.5. The Kier molecular flexibility index (Phi) is 4.37. The van der Waals surface area contributed by atoms with Gasteiger partial charge >= 0.3 is 0 Å². The number of rotatable bonds is 4. The fourth-order valence-corrected chi connectivity index (χ4v) is 4.34. The van der Waals surface area contributed by atoms with Crippen molar-refractivity contribution in [2.24, 2.45) is 0 Å². The topological polar surface area (TPSA) is 103 Å². The maximum Gasteiger partial charge on any atom is 0.277 e. The summed E-state index contributed by atoms with van der Waals surface area (Å²) in [7, 11) is 0. The molecule has 0 atom stereocenters. The van der Waals surface area contributed by atoms with Crippen molar-refractivity contribution in [1.29, 1.82) is 0 Å². The Labute approximate surface area is 181 Å². The average molecular weight is 422 g/mol. The number of para-hydroxylation sites is 2. The summed E-state index contributed by atoms with van der Waals surface area (Å²) in [6.45, 7) is 0. The van der Waals surface area contributed by atoms with E-state index in [2.05, 4.69) is 0 Å². The van der Waals surface area contributed by atoms with Crippen molar-refractivity contribution < 1.29 is 14.6 Å². The number of benzene rings is 4. The minimum atomic E-state index is -0.472. The number of hydrogen-bond acceptors (Lipinski definition) is 5. The lowest BCUT2D eigenvalue weighted by molar-refractivity contribution is -0.384. The van der Waals surface area contributed by atoms with Crippen LogP contribution in [-0.4, -0.2) is 15.6 Å². The molecule has 0 amide bonds. The van der Waals surface area contributed by atoms with Gasteiger partial charge in [0.15, 0.2) is 5.78 Å². The maximum absolute atomic E-state index is 13.7. The molecule has 4 aromatic rings. The van der Waals surface area contributed by atoms with Crippen LogP contribution in [0.4, 0.5) is 11.4 Å². The number of carbonyl (C=O) groups is 1. The average Bonchev–Trinajstić information content (AvgIpc) is 3.11. The Hall–Kier alpha value is -4.65. The monoisotopic (exact) mass is 422 g/mol. The van der Waals surface area contributed by atoms with E-state index in [0.29, 0.717) is 44.5 Å². The quantitative estimate of drug-likeness (QED) is 0.259. The molecule has 0 radical (unpaired) electrons. The molecule has 0 N–H and O–H groups in total. The molecule has 1 aliphatic carbocycles. The van der Waals surface area contributed by atoms with Crippen molar-refractivity contribution in [3.63, 3.8) is 0 Å². The molecule has 0 aliphatic heterocycles. The predicted octanol–water partition coefficient (Wildman–Crippen LogP) is 6.05. The third kappa shape index (κ3) is 2.79. The van der Waals surface area contributed by atoms with Crippen LogP contribution in [0.5, 0.6) is 0 Å². The Morgan fingerprint density at radius 2 is 0.781 bits per heavy atom. The number of carbonyl (C=O) groups excluding carboxylic acids is 1. The number of nitro groups is 2. The molecule has 0 bridgehead atoms. The third-order valence-corrected chi connectivity index (χ3v) is 5.66. The fraction of sp³-hybridized carbons (Fsp3) is 0. The number of nitrogens with zero attached hydrogens (tertiary/aromatic N) is 2. The first-order valence-corrected chi connectivity index (χ1v) is 9.77. The highest BCUT2D eigenvalue weighted by Crippen LogP contribution is 2.47. The van der Waals surface area contributed by atoms with Crippen LogP contribution in [0.25, 0.3) is 33.4 Å². The zero-order chi connectivity index (χ0) is 22.4. The third-order valence-electron chi connectivity index (χ3n) is 5.66. The highest BCUT2D eigenvalue weighted by Gasteiger charge is 2.34. The summed E-state index contributed by atoms with van der Waals surface area (Å²) in [6.07, 6.45) is 0. The van der Waals surface area contributed by atoms with Gasteiger partial charge in [-0.05, 0) is 23.3 Å². The van der Waals surface area contributed by atoms with E-state index in [1.165, 1.54) is 12.1 Å². The van der Waals surface area contributed by atoms with E-state index in [1.54, 1.807) is 72.8 Å². The van der Waals surface area contributed by atoms with Gasteiger partial charge < -0.3 is 0 Å². The minimum absolute atomic E-state index is 0.0939. The second kappa shape index (κ2) is 7.24. The summed E-state index contributed by atoms with van der Waals surface area (Å²) in [6, 6.07) is 23.0. The van der Waals surface area contributed by atoms with Gasteiger partial charge in [0.25, 0.3) is 11.4 Å². The van der Waals surface area contributed by atoms with Crippen LogP contribution in [0.1, 0.15) is 15.9 Å². The number of ketones is 1. The summed E-state index contributed by atoms with van der Waals surface area (Å²) in [5, 5.41) is 23.2. The van der Waals surface area contributed by atoms with Gasteiger partial charge in [-0.15, -0.1) is 0 Å². The highest BCUT2D eigenvalue weighted by atomic mass is 16.6. The van der Waals surface area contributed by atoms with E-state index in [9.17, 15) is 25.0 Å². The Morgan fingerprint density at radius 3 is 1.16 bits per heavy atom. The van der Waals surface area contributed by atoms with E-state index < -0.39 is 9.85 Å². The van der Waals surface area contributed by atoms with E-state index >= 15 is 0 Å². The summed E-state index contributed by atoms with van der Waals surface area (Å²) in [4.78, 5) is 35.9. The molecule has 7 heteroatoms. The number of fused-ring (bicyclic) bond motifs is 3. The molecule has 0 spiro atoms. The van der Waals surface area contributed by atoms with Gasteiger partial charge in [-0.3, -0.25) is 25.0 Å². The van der Waals surface area contributed by atoms with Crippen molar-refractivity contribution >= 4 is 17.2 Å². The van der Waals surface area contributed by atoms with Gasteiger partial charge in [0.1, 0.15) is 0 Å². The van der Waals surface area contributed by atoms with E-state index in [4.69, 9.17) is 0 Å². The van der Waals surface area contributed by atoms with E-state index in [1.807, 2.05) is 0 Å². The molecule has 0 unspecified atom stereocenters. The van der Waals surface area contributed by atoms with Crippen LogP contribution in [0, 0.1) is 20.2 Å². The Bertz CT molecular complexity index is 1350. The first kappa shape index (κ1) is 19.3. The second-order valence-corrected chi connectivity index (χ2v) is 7.33. The molecule has 7 nitrogen and oxygen atoms in total. The van der Waals surface area contributed by atoms with Gasteiger partial charge in [-0.2, -0.15) is 0 Å². The van der Waals surface area contributed by atoms with Crippen LogP contribution in [-0.2, 0) is 0 Å². The molecule has 4 aromatic carbocycles. The van der Waals surface area contributed by atoms with Crippen molar-refractivity contribution in [3.8, 4) is 33.4 Å². The molecule has 5 rings (SSSR count). The summed E-state index contributed by atoms with van der Waals surface area (Å²) in [5.74, 6) is -0.308. The van der Waals surface area contributed by atoms with Crippen molar-refractivity contribution in [3.05, 3.63) is 116 Å². The molecule has 0 saturated carbocycles. The molecule has 1 aliphatic rings. The number of nitro benzene ring substituents is 2. The SMILES string of the molecule is O=C1c2c(-c3ccccc3[N+](=O)[O-])cccc2-c2cccc(-c3ccccc3[N+](=O)[O-])c21. The van der Waals surface area contributed by atoms with Crippen molar-refractivity contribution in [1.82, 2.24) is 0 Å². The van der Waals surface area contributed by atoms with Gasteiger partial charge in [-0.1, -0.05) is 60.7 Å². The van der Waals surface area contributed by atoms with Crippen LogP contribution in [0.2, 0.25) is 0 Å². The second-order valence-electron chi connectivity index (χ2n) is 7.33. The molecule has 0 saturated heterocycles. The van der Waals surface area contributed by atoms with Gasteiger partial charge in [-0.25, -0.2) is 0 Å². The molecule has 154 valence electrons. The van der Waals surface area contributed by atoms with Crippen LogP contribution in [0.3, 0.4) is 0 Å². The molecule has 32 heavy (non-hydrogen) atoms.